The zero-order valence-electron chi connectivity index (χ0n) is 30.6. The summed E-state index contributed by atoms with van der Waals surface area (Å²) in [7, 11) is 0. The van der Waals surface area contributed by atoms with E-state index >= 15 is 0 Å². The Kier molecular flexibility index (Phi) is 7.73. The molecule has 4 nitrogen and oxygen atoms in total. The van der Waals surface area contributed by atoms with Crippen LogP contribution in [0.4, 0.5) is 0 Å². The Balaban J connectivity index is 1.14. The lowest BCUT2D eigenvalue weighted by Gasteiger charge is -2.43. The lowest BCUT2D eigenvalue weighted by Crippen LogP contribution is -2.29. The molecule has 2 bridgehead atoms. The zero-order chi connectivity index (χ0) is 37.9. The molecule has 0 saturated heterocycles. The number of nitrogens with zero attached hydrogens (tertiary/aromatic N) is 3. The van der Waals surface area contributed by atoms with Crippen LogP contribution < -0.4 is 0 Å². The van der Waals surface area contributed by atoms with Crippen LogP contribution >= 0.6 is 0 Å². The summed E-state index contributed by atoms with van der Waals surface area (Å²) in [6.45, 7) is 6.56. The molecule has 8 aromatic rings. The molecule has 3 aliphatic rings. The van der Waals surface area contributed by atoms with E-state index in [1.54, 1.807) is 0 Å². The van der Waals surface area contributed by atoms with E-state index in [9.17, 15) is 10.5 Å². The third-order valence-electron chi connectivity index (χ3n) is 11.4. The van der Waals surface area contributed by atoms with Crippen molar-refractivity contribution in [3.63, 3.8) is 0 Å². The molecule has 2 atom stereocenters. The number of hydrogen-bond donors (Lipinski definition) is 0. The lowest BCUT2D eigenvalue weighted by molar-refractivity contribution is 0.669. The molecule has 0 N–H and O–H groups in total. The highest BCUT2D eigenvalue weighted by Crippen LogP contribution is 2.57. The highest BCUT2D eigenvalue weighted by Gasteiger charge is 2.43. The third-order valence-corrected chi connectivity index (χ3v) is 11.4. The van der Waals surface area contributed by atoms with Crippen molar-refractivity contribution >= 4 is 38.9 Å². The monoisotopic (exact) mass is 715 g/mol. The van der Waals surface area contributed by atoms with Crippen molar-refractivity contribution < 1.29 is 4.42 Å². The van der Waals surface area contributed by atoms with Gasteiger partial charge in [-0.25, -0.2) is 0 Å². The molecule has 0 radical (unpaired) electrons. The Labute approximate surface area is 325 Å². The van der Waals surface area contributed by atoms with Crippen LogP contribution in [0.5, 0.6) is 0 Å². The van der Waals surface area contributed by atoms with Crippen LogP contribution in [0, 0.1) is 22.7 Å². The van der Waals surface area contributed by atoms with Gasteiger partial charge in [0.25, 0.3) is 0 Å². The second-order valence-corrected chi connectivity index (χ2v) is 14.6. The molecule has 2 unspecified atom stereocenters. The smallest absolute Gasteiger partial charge is 0.136 e. The topological polar surface area (TPSA) is 73.1 Å². The SMILES string of the molecule is C=C(/C=C(\N=C(C)c1cc(C#N)cc2c1C1c3ccccc3C2c2cc(C#N)ccc21)c1ccc2c(c1)oc1ccccc12)c1ccc(-c2ccccc2)cc1. The molecule has 11 rings (SSSR count). The van der Waals surface area contributed by atoms with Crippen LogP contribution in [0.3, 0.4) is 0 Å². The van der Waals surface area contributed by atoms with E-state index in [0.29, 0.717) is 11.1 Å². The first-order chi connectivity index (χ1) is 27.5. The van der Waals surface area contributed by atoms with Gasteiger partial charge in [0.1, 0.15) is 11.2 Å². The Hall–Kier alpha value is -7.53. The minimum Gasteiger partial charge on any atom is -0.456 e. The molecule has 1 aromatic heterocycles. The fourth-order valence-corrected chi connectivity index (χ4v) is 8.84. The van der Waals surface area contributed by atoms with Crippen molar-refractivity contribution in [2.24, 2.45) is 4.99 Å². The summed E-state index contributed by atoms with van der Waals surface area (Å²) in [5, 5.41) is 22.3. The number of para-hydroxylation sites is 1. The first kappa shape index (κ1) is 33.1. The highest BCUT2D eigenvalue weighted by molar-refractivity contribution is 6.07. The molecule has 1 heterocycles. The second kappa shape index (κ2) is 13.1. The van der Waals surface area contributed by atoms with Crippen molar-refractivity contribution in [2.45, 2.75) is 18.8 Å². The number of allylic oxidation sites excluding steroid dienone is 2. The normalized spacial score (nSPS) is 15.5. The van der Waals surface area contributed by atoms with Crippen molar-refractivity contribution in [1.29, 1.82) is 10.5 Å². The molecule has 56 heavy (non-hydrogen) atoms. The van der Waals surface area contributed by atoms with Gasteiger partial charge in [-0.1, -0.05) is 116 Å². The van der Waals surface area contributed by atoms with E-state index in [0.717, 1.165) is 83.4 Å². The van der Waals surface area contributed by atoms with E-state index in [1.807, 2.05) is 73.7 Å². The van der Waals surface area contributed by atoms with Crippen LogP contribution in [0.15, 0.2) is 174 Å². The molecule has 0 saturated carbocycles. The molecule has 262 valence electrons. The molecule has 0 aliphatic heterocycles. The number of furan rings is 1. The second-order valence-electron chi connectivity index (χ2n) is 14.6. The number of benzene rings is 7. The maximum absolute atomic E-state index is 10.4. The number of fused-ring (bicyclic) bond motifs is 3. The van der Waals surface area contributed by atoms with Gasteiger partial charge in [-0.3, -0.25) is 4.99 Å². The minimum atomic E-state index is -0.0986. The van der Waals surface area contributed by atoms with Crippen LogP contribution in [-0.2, 0) is 0 Å². The van der Waals surface area contributed by atoms with E-state index in [1.165, 1.54) is 16.7 Å². The average molecular weight is 716 g/mol. The van der Waals surface area contributed by atoms with Gasteiger partial charge in [0.15, 0.2) is 0 Å². The fourth-order valence-electron chi connectivity index (χ4n) is 8.84. The van der Waals surface area contributed by atoms with Gasteiger partial charge in [-0.2, -0.15) is 10.5 Å². The maximum Gasteiger partial charge on any atom is 0.136 e. The van der Waals surface area contributed by atoms with Gasteiger partial charge in [0.2, 0.25) is 0 Å². The number of rotatable bonds is 6. The predicted octanol–water partition coefficient (Wildman–Crippen LogP) is 12.5. The quantitative estimate of drug-likeness (QED) is 0.127. The standard InChI is InChI=1S/C52H33N3O/c1-31(35-17-19-37(20-18-35)36-10-4-3-5-11-36)24-47(38-21-23-40-39-12-8-9-15-48(39)56-49(40)28-38)55-32(2)44-26-34(30-54)27-46-50-41-13-6-7-14-42(41)51(52(44)46)43-22-16-33(29-53)25-45(43)50/h3-28,50-51H,1H2,2H3/b47-24-,55-32?. The summed E-state index contributed by atoms with van der Waals surface area (Å²) in [5.74, 6) is -0.169. The summed E-state index contributed by atoms with van der Waals surface area (Å²) < 4.78 is 6.34. The van der Waals surface area contributed by atoms with Gasteiger partial charge < -0.3 is 4.42 Å². The maximum atomic E-state index is 10.4. The van der Waals surface area contributed by atoms with Gasteiger partial charge >= 0.3 is 0 Å². The van der Waals surface area contributed by atoms with Crippen LogP contribution in [0.25, 0.3) is 44.3 Å². The molecule has 3 aliphatic carbocycles. The molecular formula is C52H33N3O. The Morgan fingerprint density at radius 2 is 1.23 bits per heavy atom. The zero-order valence-corrected chi connectivity index (χ0v) is 30.6. The Morgan fingerprint density at radius 1 is 0.589 bits per heavy atom. The summed E-state index contributed by atoms with van der Waals surface area (Å²) in [4.78, 5) is 5.44. The number of hydrogen-bond acceptors (Lipinski definition) is 4. The van der Waals surface area contributed by atoms with Crippen LogP contribution in [-0.4, -0.2) is 5.71 Å². The largest absolute Gasteiger partial charge is 0.456 e. The van der Waals surface area contributed by atoms with Crippen molar-refractivity contribution in [3.8, 4) is 23.3 Å². The predicted molar refractivity (Wildman–Crippen MR) is 225 cm³/mol. The van der Waals surface area contributed by atoms with Crippen molar-refractivity contribution in [3.05, 3.63) is 226 Å². The summed E-state index contributed by atoms with van der Waals surface area (Å²) >= 11 is 0. The molecule has 4 heteroatoms. The molecule has 0 amide bonds. The van der Waals surface area contributed by atoms with Gasteiger partial charge in [-0.05, 0) is 111 Å². The van der Waals surface area contributed by atoms with E-state index in [4.69, 9.17) is 9.41 Å². The minimum absolute atomic E-state index is 0.0701. The molecule has 0 fully saturated rings. The van der Waals surface area contributed by atoms with Gasteiger partial charge in [0.05, 0.1) is 29.0 Å². The van der Waals surface area contributed by atoms with Crippen LogP contribution in [0.1, 0.15) is 80.0 Å². The third kappa shape index (κ3) is 5.31. The van der Waals surface area contributed by atoms with Crippen LogP contribution in [0.2, 0.25) is 0 Å². The highest BCUT2D eigenvalue weighted by atomic mass is 16.3. The van der Waals surface area contributed by atoms with E-state index < -0.39 is 0 Å². The average Bonchev–Trinajstić information content (AvgIpc) is 3.63. The lowest BCUT2D eigenvalue weighted by atomic mass is 9.59. The van der Waals surface area contributed by atoms with Crippen molar-refractivity contribution in [1.82, 2.24) is 0 Å². The Morgan fingerprint density at radius 3 is 2.02 bits per heavy atom. The molecule has 0 spiro atoms. The molecule has 7 aromatic carbocycles. The van der Waals surface area contributed by atoms with E-state index in [2.05, 4.69) is 110 Å². The first-order valence-corrected chi connectivity index (χ1v) is 18.7. The fraction of sp³-hybridized carbons (Fsp3) is 0.0577. The Bertz CT molecular complexity index is 3080. The van der Waals surface area contributed by atoms with E-state index in [-0.39, 0.29) is 11.8 Å². The first-order valence-electron chi connectivity index (χ1n) is 18.7. The van der Waals surface area contributed by atoms with Gasteiger partial charge in [-0.15, -0.1) is 0 Å². The number of nitriles is 2. The summed E-state index contributed by atoms with van der Waals surface area (Å²) in [6, 6.07) is 56.6. The number of aliphatic imine (C=N–C) groups is 1. The summed E-state index contributed by atoms with van der Waals surface area (Å²) in [5.41, 5.74) is 17.4. The summed E-state index contributed by atoms with van der Waals surface area (Å²) in [6.07, 6.45) is 2.05. The van der Waals surface area contributed by atoms with Gasteiger partial charge in [0, 0.05) is 39.4 Å². The molecular weight excluding hydrogens is 683 g/mol. The van der Waals surface area contributed by atoms with Crippen molar-refractivity contribution in [2.75, 3.05) is 0 Å².